The topological polar surface area (TPSA) is 88.1 Å². The number of methoxy groups -OCH3 is 1. The summed E-state index contributed by atoms with van der Waals surface area (Å²) in [7, 11) is 1.67. The third-order valence-corrected chi connectivity index (χ3v) is 9.11. The van der Waals surface area contributed by atoms with Crippen molar-refractivity contribution in [3.05, 3.63) is 101 Å². The van der Waals surface area contributed by atoms with Gasteiger partial charge in [-0.1, -0.05) is 61.4 Å². The first-order chi connectivity index (χ1) is 21.5. The molecule has 0 saturated carbocycles. The number of para-hydroxylation sites is 2. The summed E-state index contributed by atoms with van der Waals surface area (Å²) >= 11 is 0. The van der Waals surface area contributed by atoms with Crippen LogP contribution in [-0.2, 0) is 19.1 Å². The Balaban J connectivity index is 1.20. The number of carbonyl (C=O) groups excluding carboxylic acids is 2. The van der Waals surface area contributed by atoms with Crippen LogP contribution in [0.2, 0.25) is 0 Å². The summed E-state index contributed by atoms with van der Waals surface area (Å²) < 4.78 is 12.0. The molecule has 44 heavy (non-hydrogen) atoms. The van der Waals surface area contributed by atoms with Crippen LogP contribution >= 0.6 is 0 Å². The number of phenolic OH excluding ortho intramolecular Hbond substituents is 1. The monoisotopic (exact) mass is 592 g/mol. The highest BCUT2D eigenvalue weighted by Crippen LogP contribution is 2.50. The molecule has 0 unspecified atom stereocenters. The zero-order valence-corrected chi connectivity index (χ0v) is 25.4. The average molecular weight is 593 g/mol. The third kappa shape index (κ3) is 5.94. The highest BCUT2D eigenvalue weighted by Gasteiger charge is 2.57. The van der Waals surface area contributed by atoms with Crippen LogP contribution < -0.4 is 10.2 Å². The maximum Gasteiger partial charge on any atom is 0.238 e. The number of nitrogens with zero attached hydrogens (tertiary/aromatic N) is 1. The molecule has 0 aromatic heterocycles. The molecule has 0 spiro atoms. The van der Waals surface area contributed by atoms with Gasteiger partial charge in [-0.3, -0.25) is 14.5 Å². The van der Waals surface area contributed by atoms with Crippen LogP contribution in [0.5, 0.6) is 5.75 Å². The number of phenols is 1. The van der Waals surface area contributed by atoms with Crippen molar-refractivity contribution in [2.45, 2.75) is 45.1 Å². The Morgan fingerprint density at radius 3 is 2.41 bits per heavy atom. The number of carbonyl (C=O) groups is 2. The molecular weight excluding hydrogens is 552 g/mol. The van der Waals surface area contributed by atoms with Gasteiger partial charge in [-0.2, -0.15) is 0 Å². The minimum atomic E-state index is -0.433. The molecule has 2 fully saturated rings. The van der Waals surface area contributed by atoms with Gasteiger partial charge in [0, 0.05) is 30.0 Å². The smallest absolute Gasteiger partial charge is 0.238 e. The number of hydrogen-bond acceptors (Lipinski definition) is 6. The number of ether oxygens (including phenoxy) is 2. The van der Waals surface area contributed by atoms with Crippen molar-refractivity contribution in [3.8, 4) is 5.75 Å². The lowest BCUT2D eigenvalue weighted by molar-refractivity contribution is -0.122. The van der Waals surface area contributed by atoms with Crippen LogP contribution in [0, 0.1) is 17.8 Å². The number of rotatable bonds is 11. The Morgan fingerprint density at radius 1 is 0.955 bits per heavy atom. The Morgan fingerprint density at radius 2 is 1.68 bits per heavy atom. The SMILES string of the molecule is CCC/C(=C\c1ccccc1O)CC[C@H]1OC[C@H]2C1=C(COC)C[C@H]1C(=O)N(c3ccc(Nc4ccccc4)cc3)C(=O)[C@H]12. The largest absolute Gasteiger partial charge is 0.507 e. The van der Waals surface area contributed by atoms with Gasteiger partial charge >= 0.3 is 0 Å². The van der Waals surface area contributed by atoms with Gasteiger partial charge in [0.1, 0.15) is 5.75 Å². The number of anilines is 3. The second kappa shape index (κ2) is 13.2. The molecule has 4 atom stereocenters. The second-order valence-corrected chi connectivity index (χ2v) is 12.0. The van der Waals surface area contributed by atoms with Gasteiger partial charge in [-0.05, 0) is 79.3 Å². The molecule has 0 radical (unpaired) electrons. The lowest BCUT2D eigenvalue weighted by Gasteiger charge is -2.31. The molecule has 3 aromatic carbocycles. The van der Waals surface area contributed by atoms with Crippen LogP contribution in [0.3, 0.4) is 0 Å². The number of allylic oxidation sites excluding steroid dienone is 1. The minimum Gasteiger partial charge on any atom is -0.507 e. The van der Waals surface area contributed by atoms with Gasteiger partial charge in [0.05, 0.1) is 36.8 Å². The van der Waals surface area contributed by atoms with Crippen molar-refractivity contribution in [1.82, 2.24) is 0 Å². The molecule has 2 aliphatic heterocycles. The van der Waals surface area contributed by atoms with Crippen LogP contribution in [0.4, 0.5) is 17.1 Å². The highest BCUT2D eigenvalue weighted by atomic mass is 16.5. The molecule has 2 N–H and O–H groups in total. The van der Waals surface area contributed by atoms with Gasteiger partial charge in [-0.15, -0.1) is 0 Å². The van der Waals surface area contributed by atoms with Crippen molar-refractivity contribution >= 4 is 35.0 Å². The molecule has 2 saturated heterocycles. The maximum absolute atomic E-state index is 14.0. The van der Waals surface area contributed by atoms with Gasteiger partial charge < -0.3 is 19.9 Å². The molecule has 1 aliphatic carbocycles. The van der Waals surface area contributed by atoms with Gasteiger partial charge in [0.25, 0.3) is 0 Å². The third-order valence-electron chi connectivity index (χ3n) is 9.11. The number of aromatic hydroxyl groups is 1. The fourth-order valence-electron chi connectivity index (χ4n) is 7.15. The summed E-state index contributed by atoms with van der Waals surface area (Å²) in [4.78, 5) is 29.2. The number of fused-ring (bicyclic) bond motifs is 3. The first-order valence-corrected chi connectivity index (χ1v) is 15.6. The quantitative estimate of drug-likeness (QED) is 0.180. The molecule has 6 rings (SSSR count). The molecule has 3 aliphatic rings. The number of imide groups is 1. The molecule has 0 bridgehead atoms. The number of amides is 2. The zero-order chi connectivity index (χ0) is 30.6. The lowest BCUT2D eigenvalue weighted by Crippen LogP contribution is -2.35. The first-order valence-electron chi connectivity index (χ1n) is 15.6. The van der Waals surface area contributed by atoms with E-state index in [0.29, 0.717) is 25.3 Å². The van der Waals surface area contributed by atoms with Gasteiger partial charge in [-0.25, -0.2) is 0 Å². The van der Waals surface area contributed by atoms with Crippen LogP contribution in [0.25, 0.3) is 6.08 Å². The minimum absolute atomic E-state index is 0.129. The Kier molecular flexibility index (Phi) is 8.96. The van der Waals surface area contributed by atoms with Crippen molar-refractivity contribution in [1.29, 1.82) is 0 Å². The summed E-state index contributed by atoms with van der Waals surface area (Å²) in [5.41, 5.74) is 6.76. The Hall–Kier alpha value is -4.20. The number of nitrogens with one attached hydrogen (secondary N) is 1. The maximum atomic E-state index is 14.0. The van der Waals surface area contributed by atoms with Gasteiger partial charge in [0.15, 0.2) is 0 Å². The van der Waals surface area contributed by atoms with E-state index >= 15 is 0 Å². The summed E-state index contributed by atoms with van der Waals surface area (Å²) in [6, 6.07) is 24.7. The van der Waals surface area contributed by atoms with Gasteiger partial charge in [0.2, 0.25) is 11.8 Å². The predicted molar refractivity (Wildman–Crippen MR) is 173 cm³/mol. The number of hydrogen-bond donors (Lipinski definition) is 2. The molecule has 7 nitrogen and oxygen atoms in total. The van der Waals surface area contributed by atoms with E-state index < -0.39 is 11.8 Å². The lowest BCUT2D eigenvalue weighted by atomic mass is 9.69. The first kappa shape index (κ1) is 29.9. The fourth-order valence-corrected chi connectivity index (χ4v) is 7.15. The summed E-state index contributed by atoms with van der Waals surface area (Å²) in [5, 5.41) is 13.7. The predicted octanol–water partition coefficient (Wildman–Crippen LogP) is 7.27. The standard InChI is InChI=1S/C37H40N2O5/c1-3-9-24(20-25-10-7-8-13-32(25)40)14-19-33-34-26(22-43-2)21-30-35(31(34)23-44-33)37(42)39(36(30)41)29-17-15-28(16-18-29)38-27-11-5-4-6-12-27/h4-8,10-13,15-18,20,30-31,33,35,38,40H,3,9,14,19,21-23H2,1-2H3/b24-20+/t30-,31+,33-,35-/m1/s1. The summed E-state index contributed by atoms with van der Waals surface area (Å²) in [6.45, 7) is 3.00. The van der Waals surface area contributed by atoms with E-state index in [1.54, 1.807) is 13.2 Å². The van der Waals surface area contributed by atoms with E-state index in [2.05, 4.69) is 18.3 Å². The van der Waals surface area contributed by atoms with Crippen molar-refractivity contribution < 1.29 is 24.2 Å². The molecule has 228 valence electrons. The van der Waals surface area contributed by atoms with E-state index in [0.717, 1.165) is 53.8 Å². The highest BCUT2D eigenvalue weighted by molar-refractivity contribution is 6.22. The van der Waals surface area contributed by atoms with E-state index in [-0.39, 0.29) is 29.6 Å². The number of benzene rings is 3. The van der Waals surface area contributed by atoms with E-state index in [1.165, 1.54) is 10.5 Å². The molecule has 7 heteroatoms. The Bertz CT molecular complexity index is 1560. The van der Waals surface area contributed by atoms with Crippen molar-refractivity contribution in [2.75, 3.05) is 30.5 Å². The molecule has 2 heterocycles. The van der Waals surface area contributed by atoms with Crippen molar-refractivity contribution in [2.24, 2.45) is 17.8 Å². The van der Waals surface area contributed by atoms with Crippen LogP contribution in [0.15, 0.2) is 95.6 Å². The van der Waals surface area contributed by atoms with Crippen molar-refractivity contribution in [3.63, 3.8) is 0 Å². The van der Waals surface area contributed by atoms with E-state index in [1.807, 2.05) is 72.8 Å². The zero-order valence-electron chi connectivity index (χ0n) is 25.4. The van der Waals surface area contributed by atoms with E-state index in [9.17, 15) is 14.7 Å². The molecular formula is C37H40N2O5. The second-order valence-electron chi connectivity index (χ2n) is 12.0. The van der Waals surface area contributed by atoms with Crippen LogP contribution in [0.1, 0.15) is 44.6 Å². The molecule has 3 aromatic rings. The van der Waals surface area contributed by atoms with Crippen LogP contribution in [-0.4, -0.2) is 43.3 Å². The Labute approximate surface area is 259 Å². The normalized spacial score (nSPS) is 23.2. The fraction of sp³-hybridized carbons (Fsp3) is 0.351. The summed E-state index contributed by atoms with van der Waals surface area (Å²) in [6.07, 6.45) is 6.00. The average Bonchev–Trinajstić information content (AvgIpc) is 3.56. The summed E-state index contributed by atoms with van der Waals surface area (Å²) in [5.74, 6) is -0.993. The van der Waals surface area contributed by atoms with E-state index in [4.69, 9.17) is 9.47 Å². The molecule has 2 amide bonds.